The molecule has 0 spiro atoms. The number of nitrogens with one attached hydrogen (secondary N) is 1. The molecule has 0 aromatic carbocycles. The average molecular weight is 280 g/mol. The number of piperidine rings is 1. The van der Waals surface area contributed by atoms with Gasteiger partial charge in [-0.05, 0) is 18.8 Å². The number of ether oxygens (including phenoxy) is 1. The van der Waals surface area contributed by atoms with Crippen LogP contribution in [0.5, 0.6) is 0 Å². The van der Waals surface area contributed by atoms with E-state index in [4.69, 9.17) is 0 Å². The highest BCUT2D eigenvalue weighted by molar-refractivity contribution is 5.82. The number of nitrogens with zero attached hydrogens (tertiary/aromatic N) is 3. The molecule has 2 heterocycles. The number of imidazole rings is 1. The molecule has 1 unspecified atom stereocenters. The number of carbonyl (C=O) groups excluding carboxylic acids is 2. The van der Waals surface area contributed by atoms with Crippen LogP contribution in [0, 0.1) is 5.92 Å². The first-order valence-corrected chi connectivity index (χ1v) is 6.74. The second-order valence-electron chi connectivity index (χ2n) is 4.95. The van der Waals surface area contributed by atoms with Crippen LogP contribution in [0.15, 0.2) is 18.7 Å². The molecule has 0 bridgehead atoms. The van der Waals surface area contributed by atoms with Gasteiger partial charge in [-0.2, -0.15) is 0 Å². The van der Waals surface area contributed by atoms with E-state index in [1.807, 2.05) is 10.8 Å². The molecule has 110 valence electrons. The number of likely N-dealkylation sites (tertiary alicyclic amines) is 1. The van der Waals surface area contributed by atoms with Crippen LogP contribution in [0.4, 0.5) is 4.79 Å². The van der Waals surface area contributed by atoms with E-state index in [1.54, 1.807) is 17.4 Å². The lowest BCUT2D eigenvalue weighted by atomic mass is 9.98. The first-order chi connectivity index (χ1) is 9.69. The van der Waals surface area contributed by atoms with Crippen LogP contribution in [0.3, 0.4) is 0 Å². The molecule has 1 aromatic heterocycles. The summed E-state index contributed by atoms with van der Waals surface area (Å²) in [6.07, 6.45) is 6.99. The number of alkyl carbamates (subject to hydrolysis) is 1. The molecule has 0 radical (unpaired) electrons. The summed E-state index contributed by atoms with van der Waals surface area (Å²) in [4.78, 5) is 28.8. The van der Waals surface area contributed by atoms with Crippen molar-refractivity contribution in [3.8, 4) is 0 Å². The quantitative estimate of drug-likeness (QED) is 0.870. The van der Waals surface area contributed by atoms with Gasteiger partial charge in [-0.25, -0.2) is 9.78 Å². The van der Waals surface area contributed by atoms with Crippen molar-refractivity contribution in [3.05, 3.63) is 18.7 Å². The molecule has 1 atom stereocenters. The van der Waals surface area contributed by atoms with Crippen molar-refractivity contribution < 1.29 is 14.3 Å². The SMILES string of the molecule is COC(=O)NCC(=O)N1CCCC(Cn2ccnc2)C1. The van der Waals surface area contributed by atoms with Crippen LogP contribution >= 0.6 is 0 Å². The van der Waals surface area contributed by atoms with Gasteiger partial charge >= 0.3 is 6.09 Å². The topological polar surface area (TPSA) is 76.5 Å². The smallest absolute Gasteiger partial charge is 0.407 e. The molecule has 1 N–H and O–H groups in total. The summed E-state index contributed by atoms with van der Waals surface area (Å²) < 4.78 is 6.48. The lowest BCUT2D eigenvalue weighted by Crippen LogP contribution is -2.45. The second kappa shape index (κ2) is 6.93. The standard InChI is InChI=1S/C13H20N4O3/c1-20-13(19)15-7-12(18)17-5-2-3-11(9-17)8-16-6-4-14-10-16/h4,6,10-11H,2-3,5,7-9H2,1H3,(H,15,19). The Hall–Kier alpha value is -2.05. The fourth-order valence-corrected chi connectivity index (χ4v) is 2.47. The first-order valence-electron chi connectivity index (χ1n) is 6.74. The van der Waals surface area contributed by atoms with Gasteiger partial charge in [0.2, 0.25) is 5.91 Å². The average Bonchev–Trinajstić information content (AvgIpc) is 2.97. The van der Waals surface area contributed by atoms with Gasteiger partial charge in [0.1, 0.15) is 6.54 Å². The van der Waals surface area contributed by atoms with E-state index in [1.165, 1.54) is 7.11 Å². The highest BCUT2D eigenvalue weighted by Gasteiger charge is 2.23. The lowest BCUT2D eigenvalue weighted by Gasteiger charge is -2.33. The highest BCUT2D eigenvalue weighted by atomic mass is 16.5. The van der Waals surface area contributed by atoms with Gasteiger partial charge in [0.15, 0.2) is 0 Å². The zero-order valence-corrected chi connectivity index (χ0v) is 11.6. The largest absolute Gasteiger partial charge is 0.453 e. The summed E-state index contributed by atoms with van der Waals surface area (Å²) in [6.45, 7) is 2.33. The molecule has 1 aliphatic heterocycles. The van der Waals surface area contributed by atoms with Gasteiger partial charge in [0, 0.05) is 32.0 Å². The van der Waals surface area contributed by atoms with E-state index < -0.39 is 6.09 Å². The van der Waals surface area contributed by atoms with Gasteiger partial charge < -0.3 is 19.5 Å². The van der Waals surface area contributed by atoms with Crippen LogP contribution in [-0.4, -0.2) is 53.2 Å². The number of rotatable bonds is 4. The van der Waals surface area contributed by atoms with E-state index in [0.717, 1.165) is 32.5 Å². The summed E-state index contributed by atoms with van der Waals surface area (Å²) in [5.74, 6) is 0.366. The van der Waals surface area contributed by atoms with E-state index in [2.05, 4.69) is 15.0 Å². The predicted octanol–water partition coefficient (Wildman–Crippen LogP) is 0.478. The Morgan fingerprint density at radius 3 is 3.05 bits per heavy atom. The summed E-state index contributed by atoms with van der Waals surface area (Å²) in [5.41, 5.74) is 0. The fourth-order valence-electron chi connectivity index (χ4n) is 2.47. The molecule has 0 saturated carbocycles. The minimum atomic E-state index is -0.578. The molecule has 1 fully saturated rings. The van der Waals surface area contributed by atoms with Crippen LogP contribution < -0.4 is 5.32 Å². The number of amides is 2. The fraction of sp³-hybridized carbons (Fsp3) is 0.615. The maximum Gasteiger partial charge on any atom is 0.407 e. The predicted molar refractivity (Wildman–Crippen MR) is 71.9 cm³/mol. The van der Waals surface area contributed by atoms with Crippen molar-refractivity contribution in [2.75, 3.05) is 26.7 Å². The van der Waals surface area contributed by atoms with Crippen molar-refractivity contribution in [2.24, 2.45) is 5.92 Å². The maximum atomic E-state index is 12.0. The third-order valence-electron chi connectivity index (χ3n) is 3.47. The van der Waals surface area contributed by atoms with Gasteiger partial charge in [-0.1, -0.05) is 0 Å². The normalized spacial score (nSPS) is 18.6. The third-order valence-corrected chi connectivity index (χ3v) is 3.47. The molecular weight excluding hydrogens is 260 g/mol. The van der Waals surface area contributed by atoms with Crippen molar-refractivity contribution in [1.82, 2.24) is 19.8 Å². The van der Waals surface area contributed by atoms with Crippen LogP contribution in [0.1, 0.15) is 12.8 Å². The first kappa shape index (κ1) is 14.4. The summed E-state index contributed by atoms with van der Waals surface area (Å²) in [7, 11) is 1.28. The van der Waals surface area contributed by atoms with Crippen molar-refractivity contribution >= 4 is 12.0 Å². The number of aromatic nitrogens is 2. The van der Waals surface area contributed by atoms with Crippen molar-refractivity contribution in [3.63, 3.8) is 0 Å². The molecule has 2 amide bonds. The molecule has 1 aromatic rings. The zero-order chi connectivity index (χ0) is 14.4. The Morgan fingerprint density at radius 2 is 2.35 bits per heavy atom. The van der Waals surface area contributed by atoms with Crippen LogP contribution in [0.2, 0.25) is 0 Å². The third kappa shape index (κ3) is 3.97. The zero-order valence-electron chi connectivity index (χ0n) is 11.6. The minimum absolute atomic E-state index is 0.00946. The van der Waals surface area contributed by atoms with Gasteiger partial charge in [0.05, 0.1) is 13.4 Å². The summed E-state index contributed by atoms with van der Waals surface area (Å²) >= 11 is 0. The summed E-state index contributed by atoms with van der Waals surface area (Å²) in [6, 6.07) is 0. The van der Waals surface area contributed by atoms with E-state index >= 15 is 0 Å². The number of hydrogen-bond donors (Lipinski definition) is 1. The Kier molecular flexibility index (Phi) is 4.97. The Morgan fingerprint density at radius 1 is 1.50 bits per heavy atom. The molecule has 2 rings (SSSR count). The Balaban J connectivity index is 1.80. The molecule has 7 nitrogen and oxygen atoms in total. The Bertz CT molecular complexity index is 446. The highest BCUT2D eigenvalue weighted by Crippen LogP contribution is 2.18. The van der Waals surface area contributed by atoms with Crippen LogP contribution in [-0.2, 0) is 16.1 Å². The minimum Gasteiger partial charge on any atom is -0.453 e. The molecule has 7 heteroatoms. The lowest BCUT2D eigenvalue weighted by molar-refractivity contribution is -0.132. The van der Waals surface area contributed by atoms with Crippen molar-refractivity contribution in [1.29, 1.82) is 0 Å². The molecular formula is C13H20N4O3. The number of methoxy groups -OCH3 is 1. The van der Waals surface area contributed by atoms with Crippen molar-refractivity contribution in [2.45, 2.75) is 19.4 Å². The number of hydrogen-bond acceptors (Lipinski definition) is 4. The van der Waals surface area contributed by atoms with E-state index in [0.29, 0.717) is 5.92 Å². The molecule has 1 saturated heterocycles. The molecule has 20 heavy (non-hydrogen) atoms. The summed E-state index contributed by atoms with van der Waals surface area (Å²) in [5, 5.41) is 2.42. The molecule has 1 aliphatic rings. The van der Waals surface area contributed by atoms with E-state index in [9.17, 15) is 9.59 Å². The van der Waals surface area contributed by atoms with Crippen LogP contribution in [0.25, 0.3) is 0 Å². The number of carbonyl (C=O) groups is 2. The van der Waals surface area contributed by atoms with Gasteiger partial charge in [-0.3, -0.25) is 4.79 Å². The van der Waals surface area contributed by atoms with E-state index in [-0.39, 0.29) is 12.5 Å². The molecule has 0 aliphatic carbocycles. The Labute approximate surface area is 117 Å². The monoisotopic (exact) mass is 280 g/mol. The van der Waals surface area contributed by atoms with Gasteiger partial charge in [-0.15, -0.1) is 0 Å². The van der Waals surface area contributed by atoms with Gasteiger partial charge in [0.25, 0.3) is 0 Å². The maximum absolute atomic E-state index is 12.0. The second-order valence-corrected chi connectivity index (χ2v) is 4.95.